The molecule has 0 N–H and O–H groups in total. The number of rotatable bonds is 5. The molecule has 0 radical (unpaired) electrons. The van der Waals surface area contributed by atoms with Crippen LogP contribution in [0, 0.1) is 11.2 Å². The van der Waals surface area contributed by atoms with E-state index in [1.54, 1.807) is 12.1 Å². The van der Waals surface area contributed by atoms with Crippen LogP contribution in [0.25, 0.3) is 0 Å². The molecule has 1 aromatic rings. The van der Waals surface area contributed by atoms with Gasteiger partial charge < -0.3 is 14.4 Å². The number of hydrogen-bond donors (Lipinski definition) is 0. The first-order chi connectivity index (χ1) is 13.6. The molecule has 1 amide bonds. The maximum absolute atomic E-state index is 13.9. The van der Waals surface area contributed by atoms with Gasteiger partial charge in [-0.25, -0.2) is 4.39 Å². The van der Waals surface area contributed by atoms with E-state index in [-0.39, 0.29) is 23.2 Å². The monoisotopic (exact) mass is 390 g/mol. The Balaban J connectivity index is 1.32. The molecular weight excluding hydrogens is 359 g/mol. The summed E-state index contributed by atoms with van der Waals surface area (Å²) in [4.78, 5) is 16.9. The summed E-state index contributed by atoms with van der Waals surface area (Å²) in [6.45, 7) is 5.21. The highest BCUT2D eigenvalue weighted by atomic mass is 19.1. The minimum atomic E-state index is -0.302. The van der Waals surface area contributed by atoms with E-state index in [2.05, 4.69) is 9.80 Å². The molecule has 0 aliphatic carbocycles. The number of piperidine rings is 2. The van der Waals surface area contributed by atoms with Gasteiger partial charge in [0.15, 0.2) is 11.6 Å². The van der Waals surface area contributed by atoms with Gasteiger partial charge in [0.2, 0.25) is 5.91 Å². The van der Waals surface area contributed by atoms with Crippen LogP contribution in [0.5, 0.6) is 5.75 Å². The number of carbonyl (C=O) groups is 1. The Labute approximate surface area is 166 Å². The fourth-order valence-electron chi connectivity index (χ4n) is 4.96. The molecule has 3 aliphatic rings. The third-order valence-corrected chi connectivity index (χ3v) is 6.74. The van der Waals surface area contributed by atoms with Gasteiger partial charge in [0.25, 0.3) is 0 Å². The highest BCUT2D eigenvalue weighted by Gasteiger charge is 2.41. The van der Waals surface area contributed by atoms with Crippen molar-refractivity contribution >= 4 is 5.91 Å². The summed E-state index contributed by atoms with van der Waals surface area (Å²) in [5.74, 6) is 0.279. The fourth-order valence-corrected chi connectivity index (χ4v) is 4.96. The molecule has 1 aromatic carbocycles. The fraction of sp³-hybridized carbons (Fsp3) is 0.682. The largest absolute Gasteiger partial charge is 0.494 e. The molecule has 1 spiro atoms. The third kappa shape index (κ3) is 4.33. The summed E-state index contributed by atoms with van der Waals surface area (Å²) in [5.41, 5.74) is 1.22. The Morgan fingerprint density at radius 2 is 2.11 bits per heavy atom. The van der Waals surface area contributed by atoms with Crippen molar-refractivity contribution in [1.29, 1.82) is 0 Å². The number of ether oxygens (including phenoxy) is 2. The SMILES string of the molecule is COc1ccc(CN2CCC3(CCC(=O)N(C[C@H]4CCCO4)C3)CC2)cc1F. The average molecular weight is 390 g/mol. The molecule has 5 nitrogen and oxygen atoms in total. The maximum atomic E-state index is 13.9. The van der Waals surface area contributed by atoms with Gasteiger partial charge in [0.1, 0.15) is 0 Å². The molecule has 3 saturated heterocycles. The number of carbonyl (C=O) groups excluding carboxylic acids is 1. The second-order valence-corrected chi connectivity index (χ2v) is 8.65. The number of hydrogen-bond acceptors (Lipinski definition) is 4. The summed E-state index contributed by atoms with van der Waals surface area (Å²) in [5, 5.41) is 0. The first-order valence-corrected chi connectivity index (χ1v) is 10.5. The molecule has 3 aliphatic heterocycles. The number of halogens is 1. The van der Waals surface area contributed by atoms with Crippen molar-refractivity contribution in [2.75, 3.05) is 39.9 Å². The van der Waals surface area contributed by atoms with Crippen molar-refractivity contribution in [2.45, 2.75) is 51.2 Å². The van der Waals surface area contributed by atoms with Crippen LogP contribution in [-0.2, 0) is 16.1 Å². The highest BCUT2D eigenvalue weighted by molar-refractivity contribution is 5.77. The van der Waals surface area contributed by atoms with Crippen molar-refractivity contribution < 1.29 is 18.7 Å². The Kier molecular flexibility index (Phi) is 5.88. The number of likely N-dealkylation sites (tertiary alicyclic amines) is 2. The second-order valence-electron chi connectivity index (χ2n) is 8.65. The molecule has 0 aromatic heterocycles. The summed E-state index contributed by atoms with van der Waals surface area (Å²) in [6, 6.07) is 5.21. The van der Waals surface area contributed by atoms with E-state index in [1.807, 2.05) is 6.07 Å². The van der Waals surface area contributed by atoms with E-state index in [9.17, 15) is 9.18 Å². The van der Waals surface area contributed by atoms with Crippen LogP contribution in [0.1, 0.15) is 44.1 Å². The summed E-state index contributed by atoms with van der Waals surface area (Å²) in [6.07, 6.45) is 6.27. The maximum Gasteiger partial charge on any atom is 0.222 e. The number of methoxy groups -OCH3 is 1. The van der Waals surface area contributed by atoms with Gasteiger partial charge in [0.05, 0.1) is 13.2 Å². The Morgan fingerprint density at radius 3 is 2.79 bits per heavy atom. The van der Waals surface area contributed by atoms with Crippen molar-refractivity contribution in [3.05, 3.63) is 29.6 Å². The molecule has 0 unspecified atom stereocenters. The van der Waals surface area contributed by atoms with E-state index in [4.69, 9.17) is 9.47 Å². The zero-order chi connectivity index (χ0) is 19.6. The lowest BCUT2D eigenvalue weighted by atomic mass is 9.72. The third-order valence-electron chi connectivity index (χ3n) is 6.74. The number of benzene rings is 1. The molecule has 3 heterocycles. The molecule has 4 rings (SSSR count). The van der Waals surface area contributed by atoms with Crippen LogP contribution in [0.2, 0.25) is 0 Å². The summed E-state index contributed by atoms with van der Waals surface area (Å²) >= 11 is 0. The molecule has 28 heavy (non-hydrogen) atoms. The first-order valence-electron chi connectivity index (χ1n) is 10.5. The lowest BCUT2D eigenvalue weighted by Gasteiger charge is -2.48. The topological polar surface area (TPSA) is 42.0 Å². The van der Waals surface area contributed by atoms with Crippen molar-refractivity contribution in [3.63, 3.8) is 0 Å². The molecule has 6 heteroatoms. The zero-order valence-electron chi connectivity index (χ0n) is 16.8. The van der Waals surface area contributed by atoms with E-state index in [0.29, 0.717) is 12.2 Å². The minimum Gasteiger partial charge on any atom is -0.494 e. The van der Waals surface area contributed by atoms with Gasteiger partial charge in [0, 0.05) is 32.7 Å². The molecule has 0 saturated carbocycles. The Hall–Kier alpha value is -1.66. The minimum absolute atomic E-state index is 0.226. The van der Waals surface area contributed by atoms with Gasteiger partial charge in [-0.3, -0.25) is 9.69 Å². The van der Waals surface area contributed by atoms with Crippen molar-refractivity contribution in [3.8, 4) is 5.75 Å². The molecule has 154 valence electrons. The Bertz CT molecular complexity index is 697. The first kappa shape index (κ1) is 19.6. The Morgan fingerprint density at radius 1 is 1.29 bits per heavy atom. The van der Waals surface area contributed by atoms with E-state index in [1.165, 1.54) is 7.11 Å². The number of amides is 1. The van der Waals surface area contributed by atoms with Crippen LogP contribution in [0.15, 0.2) is 18.2 Å². The zero-order valence-corrected chi connectivity index (χ0v) is 16.8. The van der Waals surface area contributed by atoms with Gasteiger partial charge in [-0.15, -0.1) is 0 Å². The van der Waals surface area contributed by atoms with Crippen LogP contribution in [-0.4, -0.2) is 61.7 Å². The standard InChI is InChI=1S/C22H31FN2O3/c1-27-20-5-4-17(13-19(20)23)14-24-10-8-22(9-11-24)7-6-21(26)25(16-22)15-18-3-2-12-28-18/h4-5,13,18H,2-3,6-12,14-16H2,1H3/t18-/m1/s1. The van der Waals surface area contributed by atoms with Gasteiger partial charge >= 0.3 is 0 Å². The van der Waals surface area contributed by atoms with E-state index in [0.717, 1.165) is 77.0 Å². The van der Waals surface area contributed by atoms with Gasteiger partial charge in [-0.05, 0) is 68.3 Å². The molecular formula is C22H31FN2O3. The highest BCUT2D eigenvalue weighted by Crippen LogP contribution is 2.40. The lowest BCUT2D eigenvalue weighted by molar-refractivity contribution is -0.141. The smallest absolute Gasteiger partial charge is 0.222 e. The van der Waals surface area contributed by atoms with E-state index >= 15 is 0 Å². The summed E-state index contributed by atoms with van der Waals surface area (Å²) in [7, 11) is 1.49. The van der Waals surface area contributed by atoms with Crippen LogP contribution in [0.3, 0.4) is 0 Å². The van der Waals surface area contributed by atoms with Crippen LogP contribution >= 0.6 is 0 Å². The quantitative estimate of drug-likeness (QED) is 0.774. The van der Waals surface area contributed by atoms with Gasteiger partial charge in [-0.2, -0.15) is 0 Å². The van der Waals surface area contributed by atoms with Crippen molar-refractivity contribution in [1.82, 2.24) is 9.80 Å². The molecule has 0 bridgehead atoms. The predicted molar refractivity (Wildman–Crippen MR) is 105 cm³/mol. The molecule has 3 fully saturated rings. The molecule has 1 atom stereocenters. The van der Waals surface area contributed by atoms with E-state index < -0.39 is 0 Å². The van der Waals surface area contributed by atoms with Crippen molar-refractivity contribution in [2.24, 2.45) is 5.41 Å². The van der Waals surface area contributed by atoms with Crippen LogP contribution in [0.4, 0.5) is 4.39 Å². The predicted octanol–water partition coefficient (Wildman–Crippen LogP) is 3.22. The van der Waals surface area contributed by atoms with Crippen LogP contribution < -0.4 is 4.74 Å². The lowest BCUT2D eigenvalue weighted by Crippen LogP contribution is -2.52. The summed E-state index contributed by atoms with van der Waals surface area (Å²) < 4.78 is 24.7. The normalized spacial score (nSPS) is 25.4. The van der Waals surface area contributed by atoms with Gasteiger partial charge in [-0.1, -0.05) is 6.07 Å². The second kappa shape index (κ2) is 8.37. The number of nitrogens with zero attached hydrogens (tertiary/aromatic N) is 2. The average Bonchev–Trinajstić information content (AvgIpc) is 3.20.